The number of carbonyl (C=O) groups is 1. The Balaban J connectivity index is 1.77. The number of rotatable bonds is 2. The summed E-state index contributed by atoms with van der Waals surface area (Å²) in [4.78, 5) is 11.8. The number of carbonyl (C=O) groups excluding carboxylic acids is 1. The Morgan fingerprint density at radius 1 is 1.33 bits per heavy atom. The average molecular weight is 212 g/mol. The van der Waals surface area contributed by atoms with Gasteiger partial charge >= 0.3 is 0 Å². The highest BCUT2D eigenvalue weighted by Gasteiger charge is 2.26. The monoisotopic (exact) mass is 212 g/mol. The Labute approximate surface area is 90.4 Å². The fraction of sp³-hybridized carbons (Fsp3) is 0.909. The molecular formula is C11H20N2O2. The molecule has 3 N–H and O–H groups in total. The van der Waals surface area contributed by atoms with E-state index in [1.165, 1.54) is 0 Å². The van der Waals surface area contributed by atoms with Crippen molar-refractivity contribution >= 4 is 5.91 Å². The lowest BCUT2D eigenvalue weighted by atomic mass is 9.92. The summed E-state index contributed by atoms with van der Waals surface area (Å²) in [7, 11) is 0. The highest BCUT2D eigenvalue weighted by Crippen LogP contribution is 2.19. The van der Waals surface area contributed by atoms with E-state index in [0.29, 0.717) is 0 Å². The predicted octanol–water partition coefficient (Wildman–Crippen LogP) is 0.0156. The molecule has 0 aromatic carbocycles. The molecule has 1 amide bonds. The third-order valence-electron chi connectivity index (χ3n) is 3.42. The molecule has 15 heavy (non-hydrogen) atoms. The Morgan fingerprint density at radius 2 is 2.20 bits per heavy atom. The normalized spacial score (nSPS) is 36.5. The molecule has 2 rings (SSSR count). The summed E-state index contributed by atoms with van der Waals surface area (Å²) < 4.78 is 0. The van der Waals surface area contributed by atoms with Crippen molar-refractivity contribution in [2.45, 2.75) is 44.2 Å². The topological polar surface area (TPSA) is 61.4 Å². The third-order valence-corrected chi connectivity index (χ3v) is 3.42. The highest BCUT2D eigenvalue weighted by atomic mass is 16.3. The third kappa shape index (κ3) is 2.92. The zero-order chi connectivity index (χ0) is 10.7. The van der Waals surface area contributed by atoms with Crippen LogP contribution in [0, 0.1) is 5.92 Å². The first-order chi connectivity index (χ1) is 7.25. The maximum Gasteiger partial charge on any atom is 0.224 e. The van der Waals surface area contributed by atoms with Gasteiger partial charge in [0.1, 0.15) is 0 Å². The van der Waals surface area contributed by atoms with Gasteiger partial charge in [-0.15, -0.1) is 0 Å². The van der Waals surface area contributed by atoms with Crippen molar-refractivity contribution in [1.29, 1.82) is 0 Å². The molecule has 0 aromatic rings. The molecule has 1 aliphatic carbocycles. The van der Waals surface area contributed by atoms with Crippen LogP contribution in [0.4, 0.5) is 0 Å². The number of nitrogens with one attached hydrogen (secondary N) is 2. The molecule has 4 nitrogen and oxygen atoms in total. The fourth-order valence-electron chi connectivity index (χ4n) is 2.49. The van der Waals surface area contributed by atoms with Crippen LogP contribution >= 0.6 is 0 Å². The molecule has 1 saturated carbocycles. The van der Waals surface area contributed by atoms with Crippen LogP contribution in [0.25, 0.3) is 0 Å². The van der Waals surface area contributed by atoms with Gasteiger partial charge in [0.2, 0.25) is 5.91 Å². The SMILES string of the molecule is O=C(N[C@H]1CCC[C@H](O)C1)[C@H]1CCNC1. The lowest BCUT2D eigenvalue weighted by molar-refractivity contribution is -0.125. The van der Waals surface area contributed by atoms with Crippen LogP contribution < -0.4 is 10.6 Å². The lowest BCUT2D eigenvalue weighted by Gasteiger charge is -2.27. The molecule has 2 fully saturated rings. The van der Waals surface area contributed by atoms with Crippen LogP contribution in [0.2, 0.25) is 0 Å². The summed E-state index contributed by atoms with van der Waals surface area (Å²) in [6, 6.07) is 0.196. The summed E-state index contributed by atoms with van der Waals surface area (Å²) in [6.07, 6.45) is 4.38. The standard InChI is InChI=1S/C11H20N2O2/c14-10-3-1-2-9(6-10)13-11(15)8-4-5-12-7-8/h8-10,12,14H,1-7H2,(H,13,15)/t8-,9-,10-/m0/s1. The van der Waals surface area contributed by atoms with Crippen molar-refractivity contribution < 1.29 is 9.90 Å². The van der Waals surface area contributed by atoms with Gasteiger partial charge in [-0.2, -0.15) is 0 Å². The summed E-state index contributed by atoms with van der Waals surface area (Å²) >= 11 is 0. The molecule has 1 heterocycles. The van der Waals surface area contributed by atoms with Crippen molar-refractivity contribution in [3.05, 3.63) is 0 Å². The number of aliphatic hydroxyl groups excluding tert-OH is 1. The van der Waals surface area contributed by atoms with E-state index < -0.39 is 0 Å². The first-order valence-corrected chi connectivity index (χ1v) is 5.95. The fourth-order valence-corrected chi connectivity index (χ4v) is 2.49. The molecule has 0 radical (unpaired) electrons. The smallest absolute Gasteiger partial charge is 0.224 e. The van der Waals surface area contributed by atoms with Gasteiger partial charge in [-0.3, -0.25) is 4.79 Å². The number of aliphatic hydroxyl groups is 1. The number of hydrogen-bond donors (Lipinski definition) is 3. The molecule has 2 aliphatic rings. The van der Waals surface area contributed by atoms with Crippen LogP contribution in [0.3, 0.4) is 0 Å². The van der Waals surface area contributed by atoms with E-state index in [1.54, 1.807) is 0 Å². The summed E-state index contributed by atoms with van der Waals surface area (Å²) in [5, 5.41) is 15.7. The van der Waals surface area contributed by atoms with Crippen molar-refractivity contribution in [1.82, 2.24) is 10.6 Å². The first-order valence-electron chi connectivity index (χ1n) is 5.95. The van der Waals surface area contributed by atoms with E-state index in [-0.39, 0.29) is 24.0 Å². The van der Waals surface area contributed by atoms with Gasteiger partial charge in [-0.05, 0) is 38.6 Å². The summed E-state index contributed by atoms with van der Waals surface area (Å²) in [5.41, 5.74) is 0. The van der Waals surface area contributed by atoms with Crippen molar-refractivity contribution in [3.63, 3.8) is 0 Å². The number of hydrogen-bond acceptors (Lipinski definition) is 3. The second-order valence-corrected chi connectivity index (χ2v) is 4.72. The predicted molar refractivity (Wildman–Crippen MR) is 57.4 cm³/mol. The van der Waals surface area contributed by atoms with Gasteiger partial charge in [-0.25, -0.2) is 0 Å². The second-order valence-electron chi connectivity index (χ2n) is 4.72. The number of amides is 1. The lowest BCUT2D eigenvalue weighted by Crippen LogP contribution is -2.43. The molecule has 86 valence electrons. The van der Waals surface area contributed by atoms with Crippen LogP contribution in [0.15, 0.2) is 0 Å². The van der Waals surface area contributed by atoms with E-state index in [9.17, 15) is 9.90 Å². The van der Waals surface area contributed by atoms with E-state index in [4.69, 9.17) is 0 Å². The maximum absolute atomic E-state index is 11.8. The molecule has 0 aromatic heterocycles. The maximum atomic E-state index is 11.8. The average Bonchev–Trinajstić information content (AvgIpc) is 2.70. The minimum absolute atomic E-state index is 0.143. The van der Waals surface area contributed by atoms with Crippen LogP contribution in [0.1, 0.15) is 32.1 Å². The van der Waals surface area contributed by atoms with Crippen LogP contribution in [-0.4, -0.2) is 36.2 Å². The van der Waals surface area contributed by atoms with E-state index in [0.717, 1.165) is 45.2 Å². The molecule has 3 atom stereocenters. The van der Waals surface area contributed by atoms with Crippen molar-refractivity contribution in [2.24, 2.45) is 5.92 Å². The van der Waals surface area contributed by atoms with Gasteiger partial charge in [-0.1, -0.05) is 0 Å². The molecule has 0 spiro atoms. The molecule has 0 bridgehead atoms. The minimum Gasteiger partial charge on any atom is -0.393 e. The highest BCUT2D eigenvalue weighted by molar-refractivity contribution is 5.79. The van der Waals surface area contributed by atoms with E-state index in [1.807, 2.05) is 0 Å². The van der Waals surface area contributed by atoms with Gasteiger partial charge in [0.05, 0.1) is 12.0 Å². The zero-order valence-corrected chi connectivity index (χ0v) is 9.04. The largest absolute Gasteiger partial charge is 0.393 e. The summed E-state index contributed by atoms with van der Waals surface area (Å²) in [6.45, 7) is 1.76. The van der Waals surface area contributed by atoms with E-state index in [2.05, 4.69) is 10.6 Å². The second kappa shape index (κ2) is 4.94. The first kappa shape index (κ1) is 10.9. The van der Waals surface area contributed by atoms with Gasteiger partial charge in [0.15, 0.2) is 0 Å². The van der Waals surface area contributed by atoms with Crippen molar-refractivity contribution in [3.8, 4) is 0 Å². The quantitative estimate of drug-likeness (QED) is 0.604. The Kier molecular flexibility index (Phi) is 3.59. The molecular weight excluding hydrogens is 192 g/mol. The van der Waals surface area contributed by atoms with Gasteiger partial charge in [0.25, 0.3) is 0 Å². The van der Waals surface area contributed by atoms with Crippen LogP contribution in [-0.2, 0) is 4.79 Å². The molecule has 4 heteroatoms. The Hall–Kier alpha value is -0.610. The van der Waals surface area contributed by atoms with Gasteiger partial charge < -0.3 is 15.7 Å². The molecule has 1 saturated heterocycles. The minimum atomic E-state index is -0.217. The Bertz CT molecular complexity index is 227. The van der Waals surface area contributed by atoms with Crippen LogP contribution in [0.5, 0.6) is 0 Å². The molecule has 1 aliphatic heterocycles. The Morgan fingerprint density at radius 3 is 2.87 bits per heavy atom. The summed E-state index contributed by atoms with van der Waals surface area (Å²) in [5.74, 6) is 0.308. The van der Waals surface area contributed by atoms with Gasteiger partial charge in [0, 0.05) is 12.6 Å². The van der Waals surface area contributed by atoms with Crippen molar-refractivity contribution in [2.75, 3.05) is 13.1 Å². The molecule has 0 unspecified atom stereocenters. The van der Waals surface area contributed by atoms with E-state index >= 15 is 0 Å². The zero-order valence-electron chi connectivity index (χ0n) is 9.04.